The number of aromatic nitrogens is 3. The van der Waals surface area contributed by atoms with Crippen LogP contribution in [0.1, 0.15) is 11.1 Å². The first kappa shape index (κ1) is 14.8. The molecule has 2 aromatic heterocycles. The summed E-state index contributed by atoms with van der Waals surface area (Å²) in [5.41, 5.74) is 10.7. The Balaban J connectivity index is 1.87. The maximum Gasteiger partial charge on any atom is 0.159 e. The molecule has 0 bridgehead atoms. The van der Waals surface area contributed by atoms with Gasteiger partial charge in [-0.1, -0.05) is 6.07 Å². The second-order valence-electron chi connectivity index (χ2n) is 5.35. The average Bonchev–Trinajstić information content (AvgIpc) is 2.51. The fraction of sp³-hybridized carbons (Fsp3) is 0.118. The Kier molecular flexibility index (Phi) is 4.05. The highest BCUT2D eigenvalue weighted by atomic mass is 15.1. The van der Waals surface area contributed by atoms with Crippen molar-refractivity contribution in [2.24, 2.45) is 0 Å². The summed E-state index contributed by atoms with van der Waals surface area (Å²) in [6.45, 7) is 4.10. The molecule has 1 aromatic carbocycles. The molecule has 23 heavy (non-hydrogen) atoms. The predicted octanol–water partition coefficient (Wildman–Crippen LogP) is 3.56. The third-order valence-corrected chi connectivity index (χ3v) is 3.29. The molecule has 0 saturated heterocycles. The molecule has 0 aliphatic heterocycles. The summed E-state index contributed by atoms with van der Waals surface area (Å²) in [6, 6.07) is 9.94. The zero-order chi connectivity index (χ0) is 16.2. The zero-order valence-corrected chi connectivity index (χ0v) is 13.0. The molecule has 0 amide bonds. The van der Waals surface area contributed by atoms with Crippen molar-refractivity contribution < 1.29 is 0 Å². The first-order valence-electron chi connectivity index (χ1n) is 7.24. The highest BCUT2D eigenvalue weighted by Gasteiger charge is 2.09. The Hall–Kier alpha value is -3.15. The normalized spacial score (nSPS) is 10.3. The molecule has 6 heteroatoms. The highest BCUT2D eigenvalue weighted by Crippen LogP contribution is 2.28. The molecule has 0 fully saturated rings. The van der Waals surface area contributed by atoms with Crippen LogP contribution in [0.4, 0.5) is 28.7 Å². The fourth-order valence-electron chi connectivity index (χ4n) is 2.35. The fourth-order valence-corrected chi connectivity index (χ4v) is 2.35. The number of nitrogens with zero attached hydrogens (tertiary/aromatic N) is 3. The molecule has 0 radical (unpaired) electrons. The van der Waals surface area contributed by atoms with E-state index in [0.717, 1.165) is 11.4 Å². The first-order valence-corrected chi connectivity index (χ1v) is 7.24. The van der Waals surface area contributed by atoms with Crippen molar-refractivity contribution in [1.82, 2.24) is 15.0 Å². The molecule has 0 atom stereocenters. The van der Waals surface area contributed by atoms with Crippen LogP contribution in [-0.2, 0) is 0 Å². The highest BCUT2D eigenvalue weighted by molar-refractivity contribution is 5.80. The van der Waals surface area contributed by atoms with Gasteiger partial charge < -0.3 is 16.4 Å². The number of rotatable bonds is 4. The monoisotopic (exact) mass is 306 g/mol. The van der Waals surface area contributed by atoms with E-state index >= 15 is 0 Å². The molecular formula is C17H18N6. The van der Waals surface area contributed by atoms with E-state index in [9.17, 15) is 0 Å². The smallest absolute Gasteiger partial charge is 0.159 e. The minimum Gasteiger partial charge on any atom is -0.393 e. The maximum atomic E-state index is 6.18. The van der Waals surface area contributed by atoms with Crippen LogP contribution in [0.5, 0.6) is 0 Å². The summed E-state index contributed by atoms with van der Waals surface area (Å²) in [6.07, 6.45) is 4.89. The minimum atomic E-state index is 0.454. The number of nitrogen functional groups attached to an aromatic ring is 1. The second-order valence-corrected chi connectivity index (χ2v) is 5.35. The van der Waals surface area contributed by atoms with Crippen molar-refractivity contribution >= 4 is 28.7 Å². The topological polar surface area (TPSA) is 88.8 Å². The van der Waals surface area contributed by atoms with E-state index in [-0.39, 0.29) is 0 Å². The standard InChI is InChI=1S/C17H18N6/c1-11-6-12(2)8-14(7-11)23-17-15(18)16(20-10-21-17)22-13-4-3-5-19-9-13/h3-10H,18H2,1-2H3,(H2,20,21,22,23). The molecule has 0 spiro atoms. The molecule has 0 aliphatic carbocycles. The van der Waals surface area contributed by atoms with Crippen LogP contribution < -0.4 is 16.4 Å². The minimum absolute atomic E-state index is 0.454. The van der Waals surface area contributed by atoms with Gasteiger partial charge in [0, 0.05) is 11.9 Å². The second kappa shape index (κ2) is 6.31. The SMILES string of the molecule is Cc1cc(C)cc(Nc2ncnc(Nc3cccnc3)c2N)c1. The lowest BCUT2D eigenvalue weighted by Gasteiger charge is -2.13. The van der Waals surface area contributed by atoms with Gasteiger partial charge in [-0.05, 0) is 49.2 Å². The molecule has 0 unspecified atom stereocenters. The quantitative estimate of drug-likeness (QED) is 0.683. The van der Waals surface area contributed by atoms with E-state index in [1.165, 1.54) is 17.5 Å². The van der Waals surface area contributed by atoms with Crippen molar-refractivity contribution in [2.75, 3.05) is 16.4 Å². The predicted molar refractivity (Wildman–Crippen MR) is 93.2 cm³/mol. The van der Waals surface area contributed by atoms with Crippen LogP contribution in [0.3, 0.4) is 0 Å². The van der Waals surface area contributed by atoms with Crippen LogP contribution in [-0.4, -0.2) is 15.0 Å². The van der Waals surface area contributed by atoms with Crippen molar-refractivity contribution in [2.45, 2.75) is 13.8 Å². The molecule has 3 aromatic rings. The van der Waals surface area contributed by atoms with Crippen molar-refractivity contribution in [3.05, 3.63) is 60.2 Å². The summed E-state index contributed by atoms with van der Waals surface area (Å²) in [5.74, 6) is 1.11. The number of nitrogens with one attached hydrogen (secondary N) is 2. The van der Waals surface area contributed by atoms with E-state index in [2.05, 4.69) is 45.5 Å². The lowest BCUT2D eigenvalue weighted by Crippen LogP contribution is -2.05. The number of anilines is 5. The van der Waals surface area contributed by atoms with Gasteiger partial charge in [0.25, 0.3) is 0 Å². The Morgan fingerprint density at radius 1 is 0.913 bits per heavy atom. The summed E-state index contributed by atoms with van der Waals surface area (Å²) in [7, 11) is 0. The first-order chi connectivity index (χ1) is 11.1. The molecule has 116 valence electrons. The van der Waals surface area contributed by atoms with Crippen LogP contribution in [0.15, 0.2) is 49.1 Å². The van der Waals surface area contributed by atoms with Crippen molar-refractivity contribution in [1.29, 1.82) is 0 Å². The Morgan fingerprint density at radius 2 is 1.57 bits per heavy atom. The summed E-state index contributed by atoms with van der Waals surface area (Å²) < 4.78 is 0. The Labute approximate surface area is 134 Å². The number of pyridine rings is 1. The molecular weight excluding hydrogens is 288 g/mol. The number of aryl methyl sites for hydroxylation is 2. The lowest BCUT2D eigenvalue weighted by atomic mass is 10.1. The van der Waals surface area contributed by atoms with Crippen molar-refractivity contribution in [3.8, 4) is 0 Å². The van der Waals surface area contributed by atoms with Gasteiger partial charge in [-0.2, -0.15) is 0 Å². The summed E-state index contributed by atoms with van der Waals surface area (Å²) in [5, 5.41) is 6.39. The molecule has 2 heterocycles. The third kappa shape index (κ3) is 3.55. The third-order valence-electron chi connectivity index (χ3n) is 3.29. The van der Waals surface area contributed by atoms with Gasteiger partial charge in [-0.25, -0.2) is 9.97 Å². The van der Waals surface area contributed by atoms with Gasteiger partial charge in [0.05, 0.1) is 11.9 Å². The summed E-state index contributed by atoms with van der Waals surface area (Å²) in [4.78, 5) is 12.5. The van der Waals surface area contributed by atoms with Gasteiger partial charge in [0.2, 0.25) is 0 Å². The lowest BCUT2D eigenvalue weighted by molar-refractivity contribution is 1.17. The number of hydrogen-bond acceptors (Lipinski definition) is 6. The number of hydrogen-bond donors (Lipinski definition) is 3. The van der Waals surface area contributed by atoms with Crippen LogP contribution >= 0.6 is 0 Å². The van der Waals surface area contributed by atoms with E-state index in [0.29, 0.717) is 17.3 Å². The van der Waals surface area contributed by atoms with E-state index in [4.69, 9.17) is 5.73 Å². The van der Waals surface area contributed by atoms with Crippen LogP contribution in [0.25, 0.3) is 0 Å². The van der Waals surface area contributed by atoms with Gasteiger partial charge >= 0.3 is 0 Å². The average molecular weight is 306 g/mol. The molecule has 0 saturated carbocycles. The summed E-state index contributed by atoms with van der Waals surface area (Å²) >= 11 is 0. The van der Waals surface area contributed by atoms with Gasteiger partial charge in [-0.15, -0.1) is 0 Å². The molecule has 0 aliphatic rings. The molecule has 3 rings (SSSR count). The molecule has 6 nitrogen and oxygen atoms in total. The van der Waals surface area contributed by atoms with Gasteiger partial charge in [0.1, 0.15) is 12.0 Å². The Bertz CT molecular complexity index is 796. The zero-order valence-electron chi connectivity index (χ0n) is 13.0. The van der Waals surface area contributed by atoms with Gasteiger partial charge in [0.15, 0.2) is 11.6 Å². The number of benzene rings is 1. The largest absolute Gasteiger partial charge is 0.393 e. The van der Waals surface area contributed by atoms with E-state index in [1.807, 2.05) is 24.3 Å². The van der Waals surface area contributed by atoms with Gasteiger partial charge in [-0.3, -0.25) is 4.98 Å². The maximum absolute atomic E-state index is 6.18. The van der Waals surface area contributed by atoms with Crippen molar-refractivity contribution in [3.63, 3.8) is 0 Å². The van der Waals surface area contributed by atoms with E-state index < -0.39 is 0 Å². The van der Waals surface area contributed by atoms with E-state index in [1.54, 1.807) is 12.4 Å². The molecule has 4 N–H and O–H groups in total. The number of nitrogens with two attached hydrogens (primary N) is 1. The Morgan fingerprint density at radius 3 is 2.17 bits per heavy atom. The van der Waals surface area contributed by atoms with Crippen LogP contribution in [0, 0.1) is 13.8 Å². The van der Waals surface area contributed by atoms with Crippen LogP contribution in [0.2, 0.25) is 0 Å².